The molecular formula is C11H13BrF3NO2. The molecule has 102 valence electrons. The zero-order valence-electron chi connectivity index (χ0n) is 9.54. The van der Waals surface area contributed by atoms with Gasteiger partial charge in [-0.3, -0.25) is 0 Å². The number of halogens is 4. The number of ether oxygens (including phenoxy) is 1. The Bertz CT molecular complexity index is 410. The summed E-state index contributed by atoms with van der Waals surface area (Å²) in [5, 5.41) is 8.84. The van der Waals surface area contributed by atoms with Crippen molar-refractivity contribution in [2.75, 3.05) is 6.61 Å². The highest BCUT2D eigenvalue weighted by Gasteiger charge is 2.38. The van der Waals surface area contributed by atoms with Crippen LogP contribution in [0.4, 0.5) is 13.2 Å². The van der Waals surface area contributed by atoms with Crippen molar-refractivity contribution in [1.82, 2.24) is 0 Å². The van der Waals surface area contributed by atoms with E-state index < -0.39 is 18.9 Å². The summed E-state index contributed by atoms with van der Waals surface area (Å²) in [6.07, 6.45) is -7.20. The molecule has 0 bridgehead atoms. The zero-order chi connectivity index (χ0) is 13.9. The molecule has 1 rings (SSSR count). The summed E-state index contributed by atoms with van der Waals surface area (Å²) in [6, 6.07) is 4.41. The van der Waals surface area contributed by atoms with E-state index in [0.29, 0.717) is 5.56 Å². The van der Waals surface area contributed by atoms with Gasteiger partial charge in [-0.15, -0.1) is 0 Å². The van der Waals surface area contributed by atoms with E-state index in [1.165, 1.54) is 6.07 Å². The van der Waals surface area contributed by atoms with E-state index in [1.54, 1.807) is 19.1 Å². The fourth-order valence-corrected chi connectivity index (χ4v) is 1.65. The lowest BCUT2D eigenvalue weighted by atomic mass is 10.1. The van der Waals surface area contributed by atoms with Crippen LogP contribution in [0.5, 0.6) is 5.75 Å². The lowest BCUT2D eigenvalue weighted by molar-refractivity contribution is -0.210. The average Bonchev–Trinajstić information content (AvgIpc) is 2.25. The van der Waals surface area contributed by atoms with E-state index in [2.05, 4.69) is 15.9 Å². The van der Waals surface area contributed by atoms with Gasteiger partial charge in [-0.25, -0.2) is 0 Å². The van der Waals surface area contributed by atoms with Crippen LogP contribution in [0.2, 0.25) is 0 Å². The van der Waals surface area contributed by atoms with Crippen molar-refractivity contribution in [2.45, 2.75) is 25.2 Å². The van der Waals surface area contributed by atoms with E-state index in [1.807, 2.05) is 0 Å². The van der Waals surface area contributed by atoms with Crippen molar-refractivity contribution in [1.29, 1.82) is 0 Å². The Morgan fingerprint density at radius 2 is 2.06 bits per heavy atom. The quantitative estimate of drug-likeness (QED) is 0.894. The molecule has 1 aromatic rings. The molecule has 0 radical (unpaired) electrons. The maximum atomic E-state index is 12.1. The van der Waals surface area contributed by atoms with Crippen molar-refractivity contribution in [3.05, 3.63) is 28.2 Å². The molecule has 0 aliphatic heterocycles. The zero-order valence-corrected chi connectivity index (χ0v) is 11.1. The van der Waals surface area contributed by atoms with Gasteiger partial charge in [0.05, 0.1) is 0 Å². The second-order valence-electron chi connectivity index (χ2n) is 3.84. The molecule has 0 saturated carbocycles. The molecule has 3 N–H and O–H groups in total. The molecule has 0 amide bonds. The Morgan fingerprint density at radius 3 is 2.56 bits per heavy atom. The van der Waals surface area contributed by atoms with E-state index in [0.717, 1.165) is 4.47 Å². The third-order valence-corrected chi connectivity index (χ3v) is 2.73. The summed E-state index contributed by atoms with van der Waals surface area (Å²) in [5.74, 6) is 0.233. The molecule has 3 nitrogen and oxygen atoms in total. The predicted octanol–water partition coefficient (Wildman–Crippen LogP) is 2.77. The molecule has 0 aliphatic rings. The Balaban J connectivity index is 2.79. The first-order chi connectivity index (χ1) is 8.21. The van der Waals surface area contributed by atoms with Gasteiger partial charge in [0, 0.05) is 16.1 Å². The number of benzene rings is 1. The highest BCUT2D eigenvalue weighted by atomic mass is 79.9. The van der Waals surface area contributed by atoms with Crippen LogP contribution in [0.15, 0.2) is 22.7 Å². The minimum absolute atomic E-state index is 0.233. The van der Waals surface area contributed by atoms with Gasteiger partial charge in [0.2, 0.25) is 0 Å². The Kier molecular flexibility index (Phi) is 5.01. The minimum atomic E-state index is -4.69. The number of aliphatic hydroxyl groups excluding tert-OH is 1. The first-order valence-electron chi connectivity index (χ1n) is 5.14. The standard InChI is InChI=1S/C11H13BrF3NO2/c1-6(16)8-4-7(12)2-3-9(8)18-5-10(17)11(13,14)15/h2-4,6,10,17H,5,16H2,1H3/t6-,10?/m0/s1. The molecule has 0 saturated heterocycles. The maximum absolute atomic E-state index is 12.1. The van der Waals surface area contributed by atoms with Crippen molar-refractivity contribution in [3.8, 4) is 5.75 Å². The first-order valence-corrected chi connectivity index (χ1v) is 5.93. The van der Waals surface area contributed by atoms with Crippen LogP contribution in [-0.4, -0.2) is 24.0 Å². The van der Waals surface area contributed by atoms with Crippen molar-refractivity contribution in [2.24, 2.45) is 5.73 Å². The SMILES string of the molecule is C[C@H](N)c1cc(Br)ccc1OCC(O)C(F)(F)F. The summed E-state index contributed by atoms with van der Waals surface area (Å²) < 4.78 is 42.1. The average molecular weight is 328 g/mol. The summed E-state index contributed by atoms with van der Waals surface area (Å²) >= 11 is 3.24. The fourth-order valence-electron chi connectivity index (χ4n) is 1.27. The summed E-state index contributed by atoms with van der Waals surface area (Å²) in [5.41, 5.74) is 6.26. The van der Waals surface area contributed by atoms with Gasteiger partial charge in [-0.05, 0) is 25.1 Å². The lowest BCUT2D eigenvalue weighted by Gasteiger charge is -2.18. The molecule has 18 heavy (non-hydrogen) atoms. The molecule has 1 unspecified atom stereocenters. The van der Waals surface area contributed by atoms with Crippen molar-refractivity contribution < 1.29 is 23.0 Å². The fraction of sp³-hybridized carbons (Fsp3) is 0.455. The topological polar surface area (TPSA) is 55.5 Å². The second kappa shape index (κ2) is 5.90. The number of hydrogen-bond donors (Lipinski definition) is 2. The van der Waals surface area contributed by atoms with Crippen LogP contribution >= 0.6 is 15.9 Å². The van der Waals surface area contributed by atoms with E-state index in [-0.39, 0.29) is 11.8 Å². The molecule has 0 fully saturated rings. The van der Waals surface area contributed by atoms with Gasteiger partial charge >= 0.3 is 6.18 Å². The Labute approximate surface area is 111 Å². The van der Waals surface area contributed by atoms with Gasteiger partial charge < -0.3 is 15.6 Å². The number of alkyl halides is 3. The van der Waals surface area contributed by atoms with Crippen molar-refractivity contribution >= 4 is 15.9 Å². The van der Waals surface area contributed by atoms with Gasteiger partial charge in [0.25, 0.3) is 0 Å². The first kappa shape index (κ1) is 15.3. The summed E-state index contributed by atoms with van der Waals surface area (Å²) in [7, 11) is 0. The van der Waals surface area contributed by atoms with Crippen LogP contribution < -0.4 is 10.5 Å². The normalized spacial score (nSPS) is 15.3. The van der Waals surface area contributed by atoms with Gasteiger partial charge in [0.15, 0.2) is 6.10 Å². The molecule has 0 aliphatic carbocycles. The second-order valence-corrected chi connectivity index (χ2v) is 4.75. The Morgan fingerprint density at radius 1 is 1.44 bits per heavy atom. The highest BCUT2D eigenvalue weighted by Crippen LogP contribution is 2.28. The largest absolute Gasteiger partial charge is 0.490 e. The van der Waals surface area contributed by atoms with Crippen LogP contribution in [0, 0.1) is 0 Å². The lowest BCUT2D eigenvalue weighted by Crippen LogP contribution is -2.34. The third-order valence-electron chi connectivity index (χ3n) is 2.24. The number of aliphatic hydroxyl groups is 1. The predicted molar refractivity (Wildman–Crippen MR) is 64.3 cm³/mol. The number of rotatable bonds is 4. The third kappa shape index (κ3) is 4.15. The Hall–Kier alpha value is -0.790. The summed E-state index contributed by atoms with van der Waals surface area (Å²) in [6.45, 7) is 0.833. The van der Waals surface area contributed by atoms with Gasteiger partial charge in [-0.2, -0.15) is 13.2 Å². The number of nitrogens with two attached hydrogens (primary N) is 1. The van der Waals surface area contributed by atoms with Gasteiger partial charge in [0.1, 0.15) is 12.4 Å². The molecule has 1 aromatic carbocycles. The molecule has 0 aromatic heterocycles. The molecule has 0 spiro atoms. The van der Waals surface area contributed by atoms with Crippen LogP contribution in [0.1, 0.15) is 18.5 Å². The van der Waals surface area contributed by atoms with E-state index >= 15 is 0 Å². The molecule has 7 heteroatoms. The van der Waals surface area contributed by atoms with Crippen molar-refractivity contribution in [3.63, 3.8) is 0 Å². The molecule has 2 atom stereocenters. The monoisotopic (exact) mass is 327 g/mol. The minimum Gasteiger partial charge on any atom is -0.490 e. The van der Waals surface area contributed by atoms with Crippen LogP contribution in [0.25, 0.3) is 0 Å². The summed E-state index contributed by atoms with van der Waals surface area (Å²) in [4.78, 5) is 0. The smallest absolute Gasteiger partial charge is 0.417 e. The molecular weight excluding hydrogens is 315 g/mol. The maximum Gasteiger partial charge on any atom is 0.417 e. The highest BCUT2D eigenvalue weighted by molar-refractivity contribution is 9.10. The molecule has 0 heterocycles. The number of hydrogen-bond acceptors (Lipinski definition) is 3. The van der Waals surface area contributed by atoms with Crippen LogP contribution in [-0.2, 0) is 0 Å². The van der Waals surface area contributed by atoms with Gasteiger partial charge in [-0.1, -0.05) is 15.9 Å². The van der Waals surface area contributed by atoms with Crippen LogP contribution in [0.3, 0.4) is 0 Å². The van der Waals surface area contributed by atoms with E-state index in [4.69, 9.17) is 15.6 Å². The van der Waals surface area contributed by atoms with E-state index in [9.17, 15) is 13.2 Å².